The lowest BCUT2D eigenvalue weighted by atomic mass is 9.87. The molecule has 0 spiro atoms. The molecule has 0 atom stereocenters. The topological polar surface area (TPSA) is 64.1 Å². The Bertz CT molecular complexity index is 354. The molecule has 0 radical (unpaired) electrons. The summed E-state index contributed by atoms with van der Waals surface area (Å²) in [6.45, 7) is 4.97. The lowest BCUT2D eigenvalue weighted by Gasteiger charge is -2.18. The van der Waals surface area contributed by atoms with Crippen molar-refractivity contribution in [2.45, 2.75) is 38.6 Å². The average molecular weight is 195 g/mol. The molecule has 0 bridgehead atoms. The van der Waals surface area contributed by atoms with Crippen LogP contribution in [0.1, 0.15) is 31.5 Å². The number of aromatic nitrogens is 2. The van der Waals surface area contributed by atoms with Gasteiger partial charge in [0.1, 0.15) is 5.82 Å². The lowest BCUT2D eigenvalue weighted by molar-refractivity contribution is 0.270. The maximum absolute atomic E-state index is 8.85. The normalized spacial score (nSPS) is 18.5. The summed E-state index contributed by atoms with van der Waals surface area (Å²) in [4.78, 5) is 0. The number of nitrogens with zero attached hydrogens (tertiary/aromatic N) is 2. The van der Waals surface area contributed by atoms with Crippen LogP contribution >= 0.6 is 0 Å². The predicted molar refractivity (Wildman–Crippen MR) is 55.1 cm³/mol. The fourth-order valence-corrected chi connectivity index (χ4v) is 2.26. The summed E-state index contributed by atoms with van der Waals surface area (Å²) < 4.78 is 1.71. The summed E-state index contributed by atoms with van der Waals surface area (Å²) in [5.74, 6) is 0.733. The molecule has 1 heterocycles. The molecule has 78 valence electrons. The van der Waals surface area contributed by atoms with Gasteiger partial charge in [0.15, 0.2) is 0 Å². The molecular formula is C10H17N3O. The van der Waals surface area contributed by atoms with Gasteiger partial charge >= 0.3 is 0 Å². The zero-order valence-electron chi connectivity index (χ0n) is 8.75. The Morgan fingerprint density at radius 3 is 2.86 bits per heavy atom. The van der Waals surface area contributed by atoms with Crippen LogP contribution in [0.5, 0.6) is 0 Å². The van der Waals surface area contributed by atoms with Gasteiger partial charge in [-0.3, -0.25) is 0 Å². The van der Waals surface area contributed by atoms with Gasteiger partial charge in [-0.2, -0.15) is 5.10 Å². The molecule has 1 aliphatic carbocycles. The Morgan fingerprint density at radius 2 is 2.29 bits per heavy atom. The molecule has 0 aliphatic heterocycles. The summed E-state index contributed by atoms with van der Waals surface area (Å²) in [5, 5.41) is 13.3. The van der Waals surface area contributed by atoms with Gasteiger partial charge in [-0.1, -0.05) is 13.8 Å². The molecule has 3 N–H and O–H groups in total. The van der Waals surface area contributed by atoms with Crippen molar-refractivity contribution in [2.75, 3.05) is 12.3 Å². The zero-order chi connectivity index (χ0) is 10.3. The lowest BCUT2D eigenvalue weighted by Crippen LogP contribution is -2.16. The average Bonchev–Trinajstić information content (AvgIpc) is 2.55. The maximum atomic E-state index is 8.85. The summed E-state index contributed by atoms with van der Waals surface area (Å²) in [6.07, 6.45) is 2.12. The number of hydrogen-bond donors (Lipinski definition) is 2. The van der Waals surface area contributed by atoms with E-state index in [0.717, 1.165) is 24.4 Å². The number of fused-ring (bicyclic) bond motifs is 1. The Morgan fingerprint density at radius 1 is 1.57 bits per heavy atom. The number of anilines is 1. The molecule has 0 fully saturated rings. The van der Waals surface area contributed by atoms with Crippen molar-refractivity contribution in [3.8, 4) is 0 Å². The summed E-state index contributed by atoms with van der Waals surface area (Å²) in [6, 6.07) is 0. The third kappa shape index (κ3) is 1.21. The van der Waals surface area contributed by atoms with E-state index in [0.29, 0.717) is 6.54 Å². The van der Waals surface area contributed by atoms with Gasteiger partial charge in [0.25, 0.3) is 0 Å². The Hall–Kier alpha value is -1.03. The molecule has 14 heavy (non-hydrogen) atoms. The van der Waals surface area contributed by atoms with Crippen molar-refractivity contribution in [2.24, 2.45) is 0 Å². The minimum Gasteiger partial charge on any atom is -0.394 e. The highest BCUT2D eigenvalue weighted by Gasteiger charge is 2.35. The molecule has 0 aromatic carbocycles. The second-order valence-corrected chi connectivity index (χ2v) is 4.54. The second kappa shape index (κ2) is 2.98. The molecule has 0 amide bonds. The number of nitrogens with two attached hydrogens (primary N) is 1. The highest BCUT2D eigenvalue weighted by atomic mass is 16.3. The minimum atomic E-state index is 0.0885. The first-order valence-electron chi connectivity index (χ1n) is 5.03. The van der Waals surface area contributed by atoms with E-state index in [9.17, 15) is 0 Å². The van der Waals surface area contributed by atoms with E-state index in [1.165, 1.54) is 5.56 Å². The number of aliphatic hydroxyl groups excluding tert-OH is 1. The molecular weight excluding hydrogens is 178 g/mol. The standard InChI is InChI=1S/C10H17N3O/c1-10(2)4-3-7-8(10)9(11)13(12-7)5-6-14/h14H,3-6,11H2,1-2H3. The van der Waals surface area contributed by atoms with Gasteiger partial charge in [-0.15, -0.1) is 0 Å². The first-order chi connectivity index (χ1) is 6.56. The number of aryl methyl sites for hydroxylation is 1. The van der Waals surface area contributed by atoms with Crippen molar-refractivity contribution in [3.63, 3.8) is 0 Å². The monoisotopic (exact) mass is 195 g/mol. The van der Waals surface area contributed by atoms with E-state index in [2.05, 4.69) is 18.9 Å². The van der Waals surface area contributed by atoms with Crippen LogP contribution in [0.15, 0.2) is 0 Å². The number of aliphatic hydroxyl groups is 1. The van der Waals surface area contributed by atoms with Crippen LogP contribution in [-0.4, -0.2) is 21.5 Å². The van der Waals surface area contributed by atoms with Gasteiger partial charge in [0, 0.05) is 5.56 Å². The third-order valence-electron chi connectivity index (χ3n) is 3.04. The van der Waals surface area contributed by atoms with Gasteiger partial charge in [0.2, 0.25) is 0 Å². The van der Waals surface area contributed by atoms with E-state index in [4.69, 9.17) is 10.8 Å². The van der Waals surface area contributed by atoms with Crippen LogP contribution in [0.25, 0.3) is 0 Å². The van der Waals surface area contributed by atoms with Crippen LogP contribution in [0.3, 0.4) is 0 Å². The summed E-state index contributed by atoms with van der Waals surface area (Å²) in [7, 11) is 0. The van der Waals surface area contributed by atoms with E-state index in [1.807, 2.05) is 0 Å². The molecule has 4 nitrogen and oxygen atoms in total. The molecule has 0 saturated heterocycles. The molecule has 4 heteroatoms. The SMILES string of the molecule is CC1(C)CCc2nn(CCO)c(N)c21. The Labute approximate surface area is 83.7 Å². The largest absolute Gasteiger partial charge is 0.394 e. The zero-order valence-corrected chi connectivity index (χ0v) is 8.75. The maximum Gasteiger partial charge on any atom is 0.125 e. The Kier molecular flexibility index (Phi) is 2.03. The molecule has 0 saturated carbocycles. The van der Waals surface area contributed by atoms with E-state index in [1.54, 1.807) is 4.68 Å². The first-order valence-corrected chi connectivity index (χ1v) is 5.03. The predicted octanol–water partition coefficient (Wildman–Crippen LogP) is 0.681. The van der Waals surface area contributed by atoms with Gasteiger partial charge in [-0.25, -0.2) is 4.68 Å². The summed E-state index contributed by atoms with van der Waals surface area (Å²) in [5.41, 5.74) is 8.45. The third-order valence-corrected chi connectivity index (χ3v) is 3.04. The smallest absolute Gasteiger partial charge is 0.125 e. The van der Waals surface area contributed by atoms with E-state index < -0.39 is 0 Å². The highest BCUT2D eigenvalue weighted by molar-refractivity contribution is 5.51. The van der Waals surface area contributed by atoms with Crippen molar-refractivity contribution >= 4 is 5.82 Å². The molecule has 1 aromatic heterocycles. The van der Waals surface area contributed by atoms with Gasteiger partial charge in [0.05, 0.1) is 18.8 Å². The van der Waals surface area contributed by atoms with Crippen LogP contribution < -0.4 is 5.73 Å². The molecule has 1 aliphatic rings. The number of nitrogen functional groups attached to an aromatic ring is 1. The van der Waals surface area contributed by atoms with Crippen molar-refractivity contribution in [3.05, 3.63) is 11.3 Å². The number of rotatable bonds is 2. The highest BCUT2D eigenvalue weighted by Crippen LogP contribution is 2.41. The van der Waals surface area contributed by atoms with Crippen molar-refractivity contribution in [1.29, 1.82) is 0 Å². The number of hydrogen-bond acceptors (Lipinski definition) is 3. The second-order valence-electron chi connectivity index (χ2n) is 4.54. The minimum absolute atomic E-state index is 0.0885. The van der Waals surface area contributed by atoms with E-state index in [-0.39, 0.29) is 12.0 Å². The van der Waals surface area contributed by atoms with Crippen LogP contribution in [0, 0.1) is 0 Å². The van der Waals surface area contributed by atoms with Crippen LogP contribution in [0.4, 0.5) is 5.82 Å². The van der Waals surface area contributed by atoms with Crippen LogP contribution in [-0.2, 0) is 18.4 Å². The quantitative estimate of drug-likeness (QED) is 0.729. The van der Waals surface area contributed by atoms with Crippen molar-refractivity contribution in [1.82, 2.24) is 9.78 Å². The van der Waals surface area contributed by atoms with Crippen LogP contribution in [0.2, 0.25) is 0 Å². The molecule has 1 aromatic rings. The van der Waals surface area contributed by atoms with E-state index >= 15 is 0 Å². The first kappa shape index (κ1) is 9.52. The van der Waals surface area contributed by atoms with Gasteiger partial charge in [-0.05, 0) is 18.3 Å². The fourth-order valence-electron chi connectivity index (χ4n) is 2.26. The van der Waals surface area contributed by atoms with Crippen molar-refractivity contribution < 1.29 is 5.11 Å². The van der Waals surface area contributed by atoms with Gasteiger partial charge < -0.3 is 10.8 Å². The Balaban J connectivity index is 2.45. The fraction of sp³-hybridized carbons (Fsp3) is 0.700. The molecule has 0 unspecified atom stereocenters. The summed E-state index contributed by atoms with van der Waals surface area (Å²) >= 11 is 0. The molecule has 2 rings (SSSR count).